The number of H-pyrrole nitrogens is 1. The molecule has 122 valence electrons. The third-order valence-electron chi connectivity index (χ3n) is 4.55. The Morgan fingerprint density at radius 1 is 1.39 bits per heavy atom. The van der Waals surface area contributed by atoms with E-state index in [1.54, 1.807) is 4.90 Å². The zero-order chi connectivity index (χ0) is 16.4. The maximum Gasteiger partial charge on any atom is 0.315 e. The number of rotatable bonds is 4. The summed E-state index contributed by atoms with van der Waals surface area (Å²) in [6.45, 7) is 3.65. The molecule has 0 saturated carbocycles. The van der Waals surface area contributed by atoms with Gasteiger partial charge in [0.25, 0.3) is 0 Å². The topological polar surface area (TPSA) is 82.4 Å². The van der Waals surface area contributed by atoms with Crippen LogP contribution in [0.4, 0.5) is 4.79 Å². The number of nitrogens with zero attached hydrogens (tertiary/aromatic N) is 2. The third-order valence-corrected chi connectivity index (χ3v) is 4.55. The number of hydrogen-bond donors (Lipinski definition) is 2. The van der Waals surface area contributed by atoms with E-state index in [9.17, 15) is 9.59 Å². The van der Waals surface area contributed by atoms with Crippen LogP contribution in [0.25, 0.3) is 10.9 Å². The van der Waals surface area contributed by atoms with E-state index in [1.807, 2.05) is 37.4 Å². The molecule has 1 aromatic carbocycles. The monoisotopic (exact) mass is 314 g/mol. The molecule has 6 nitrogen and oxygen atoms in total. The first-order valence-electron chi connectivity index (χ1n) is 8.01. The summed E-state index contributed by atoms with van der Waals surface area (Å²) in [5, 5.41) is 1.12. The van der Waals surface area contributed by atoms with Gasteiger partial charge in [-0.15, -0.1) is 0 Å². The smallest absolute Gasteiger partial charge is 0.315 e. The van der Waals surface area contributed by atoms with Crippen molar-refractivity contribution in [3.8, 4) is 0 Å². The summed E-state index contributed by atoms with van der Waals surface area (Å²) < 4.78 is 0. The van der Waals surface area contributed by atoms with Crippen LogP contribution in [0.1, 0.15) is 25.3 Å². The second-order valence-corrected chi connectivity index (χ2v) is 5.90. The third kappa shape index (κ3) is 2.88. The molecule has 3 N–H and O–H groups in total. The fourth-order valence-electron chi connectivity index (χ4n) is 3.31. The Bertz CT molecular complexity index is 724. The van der Waals surface area contributed by atoms with Gasteiger partial charge in [0.1, 0.15) is 6.04 Å². The van der Waals surface area contributed by atoms with Crippen LogP contribution < -0.4 is 5.73 Å². The predicted molar refractivity (Wildman–Crippen MR) is 88.7 cm³/mol. The van der Waals surface area contributed by atoms with Crippen LogP contribution in [0.15, 0.2) is 30.5 Å². The molecule has 2 aromatic rings. The van der Waals surface area contributed by atoms with Gasteiger partial charge in [0.15, 0.2) is 0 Å². The maximum atomic E-state index is 12.8. The molecule has 1 aliphatic heterocycles. The summed E-state index contributed by atoms with van der Waals surface area (Å²) in [6.07, 6.45) is 3.46. The quantitative estimate of drug-likeness (QED) is 0.905. The number of likely N-dealkylation sites (tertiary alicyclic amines) is 1. The van der Waals surface area contributed by atoms with E-state index in [0.717, 1.165) is 22.9 Å². The molecule has 23 heavy (non-hydrogen) atoms. The van der Waals surface area contributed by atoms with Crippen LogP contribution in [-0.2, 0) is 11.3 Å². The van der Waals surface area contributed by atoms with E-state index in [-0.39, 0.29) is 5.91 Å². The molecular weight excluding hydrogens is 292 g/mol. The van der Waals surface area contributed by atoms with Crippen molar-refractivity contribution in [3.63, 3.8) is 0 Å². The van der Waals surface area contributed by atoms with E-state index in [0.29, 0.717) is 26.1 Å². The molecule has 2 heterocycles. The maximum absolute atomic E-state index is 12.8. The molecule has 1 atom stereocenters. The molecule has 1 fully saturated rings. The molecule has 3 rings (SSSR count). The van der Waals surface area contributed by atoms with Crippen LogP contribution in [0.2, 0.25) is 0 Å². The number of aromatic amines is 1. The molecule has 0 spiro atoms. The van der Waals surface area contributed by atoms with Gasteiger partial charge in [0.05, 0.1) is 0 Å². The van der Waals surface area contributed by atoms with Crippen LogP contribution in [0.5, 0.6) is 0 Å². The normalized spacial score (nSPS) is 17.6. The molecule has 0 radical (unpaired) electrons. The van der Waals surface area contributed by atoms with Gasteiger partial charge in [-0.1, -0.05) is 18.2 Å². The highest BCUT2D eigenvalue weighted by Gasteiger charge is 2.35. The minimum Gasteiger partial charge on any atom is -0.361 e. The average molecular weight is 314 g/mol. The Morgan fingerprint density at radius 3 is 2.91 bits per heavy atom. The molecule has 1 saturated heterocycles. The molecule has 1 aromatic heterocycles. The van der Waals surface area contributed by atoms with Crippen molar-refractivity contribution >= 4 is 22.8 Å². The Labute approximate surface area is 135 Å². The van der Waals surface area contributed by atoms with Gasteiger partial charge in [-0.25, -0.2) is 4.79 Å². The Morgan fingerprint density at radius 2 is 2.17 bits per heavy atom. The van der Waals surface area contributed by atoms with Crippen molar-refractivity contribution in [2.75, 3.05) is 13.1 Å². The molecule has 0 unspecified atom stereocenters. The highest BCUT2D eigenvalue weighted by molar-refractivity contribution is 5.88. The Balaban J connectivity index is 1.79. The summed E-state index contributed by atoms with van der Waals surface area (Å²) in [4.78, 5) is 30.8. The summed E-state index contributed by atoms with van der Waals surface area (Å²) in [5.74, 6) is -0.0194. The van der Waals surface area contributed by atoms with E-state index >= 15 is 0 Å². The minimum atomic E-state index is -0.510. The molecule has 0 aliphatic carbocycles. The van der Waals surface area contributed by atoms with Gasteiger partial charge >= 0.3 is 6.03 Å². The number of carbonyl (C=O) groups is 2. The van der Waals surface area contributed by atoms with Crippen molar-refractivity contribution in [1.82, 2.24) is 14.8 Å². The van der Waals surface area contributed by atoms with Crippen LogP contribution >= 0.6 is 0 Å². The van der Waals surface area contributed by atoms with E-state index in [2.05, 4.69) is 4.98 Å². The Hall–Kier alpha value is -2.50. The number of benzene rings is 1. The number of aromatic nitrogens is 1. The van der Waals surface area contributed by atoms with Gasteiger partial charge in [-0.3, -0.25) is 4.79 Å². The lowest BCUT2D eigenvalue weighted by molar-refractivity contribution is -0.135. The van der Waals surface area contributed by atoms with Crippen molar-refractivity contribution in [2.24, 2.45) is 5.73 Å². The number of para-hydroxylation sites is 1. The summed E-state index contributed by atoms with van der Waals surface area (Å²) >= 11 is 0. The molecule has 1 aliphatic rings. The van der Waals surface area contributed by atoms with E-state index in [4.69, 9.17) is 5.73 Å². The lowest BCUT2D eigenvalue weighted by Gasteiger charge is -2.28. The number of carbonyl (C=O) groups excluding carboxylic acids is 2. The largest absolute Gasteiger partial charge is 0.361 e. The lowest BCUT2D eigenvalue weighted by Crippen LogP contribution is -2.49. The molecular formula is C17H22N4O2. The minimum absolute atomic E-state index is 0.0194. The average Bonchev–Trinajstić information content (AvgIpc) is 3.19. The number of likely N-dealkylation sites (N-methyl/N-ethyl adjacent to an activating group) is 1. The fraction of sp³-hybridized carbons (Fsp3) is 0.412. The zero-order valence-electron chi connectivity index (χ0n) is 13.3. The van der Waals surface area contributed by atoms with E-state index < -0.39 is 12.1 Å². The number of primary amides is 1. The van der Waals surface area contributed by atoms with Gasteiger partial charge in [-0.2, -0.15) is 0 Å². The van der Waals surface area contributed by atoms with Gasteiger partial charge in [0, 0.05) is 36.7 Å². The molecule has 6 heteroatoms. The second-order valence-electron chi connectivity index (χ2n) is 5.90. The first-order valence-corrected chi connectivity index (χ1v) is 8.01. The number of urea groups is 1. The number of nitrogens with two attached hydrogens (primary N) is 1. The molecule has 3 amide bonds. The first kappa shape index (κ1) is 15.4. The van der Waals surface area contributed by atoms with Crippen molar-refractivity contribution in [2.45, 2.75) is 32.4 Å². The van der Waals surface area contributed by atoms with Gasteiger partial charge in [0.2, 0.25) is 5.91 Å². The van der Waals surface area contributed by atoms with Crippen molar-refractivity contribution in [3.05, 3.63) is 36.0 Å². The lowest BCUT2D eigenvalue weighted by atomic mass is 10.1. The molecule has 0 bridgehead atoms. The summed E-state index contributed by atoms with van der Waals surface area (Å²) in [7, 11) is 0. The van der Waals surface area contributed by atoms with Crippen molar-refractivity contribution in [1.29, 1.82) is 0 Å². The fourth-order valence-corrected chi connectivity index (χ4v) is 3.31. The van der Waals surface area contributed by atoms with Crippen LogP contribution in [0.3, 0.4) is 0 Å². The standard InChI is InChI=1S/C17H22N4O2/c1-2-20(16(22)15-8-5-9-21(15)17(18)23)11-12-10-19-14-7-4-3-6-13(12)14/h3-4,6-7,10,15,19H,2,5,8-9,11H2,1H3,(H2,18,23)/t15-/m0/s1. The number of hydrogen-bond acceptors (Lipinski definition) is 2. The summed E-state index contributed by atoms with van der Waals surface area (Å²) in [5.41, 5.74) is 7.53. The summed E-state index contributed by atoms with van der Waals surface area (Å²) in [6, 6.07) is 7.10. The number of fused-ring (bicyclic) bond motifs is 1. The number of amides is 3. The van der Waals surface area contributed by atoms with Gasteiger partial charge < -0.3 is 20.5 Å². The van der Waals surface area contributed by atoms with E-state index in [1.165, 1.54) is 4.90 Å². The Kier molecular flexibility index (Phi) is 4.23. The van der Waals surface area contributed by atoms with Crippen LogP contribution in [-0.4, -0.2) is 45.9 Å². The highest BCUT2D eigenvalue weighted by atomic mass is 16.2. The highest BCUT2D eigenvalue weighted by Crippen LogP contribution is 2.23. The SMILES string of the molecule is CCN(Cc1c[nH]c2ccccc12)C(=O)[C@@H]1CCCN1C(N)=O. The predicted octanol–water partition coefficient (Wildman–Crippen LogP) is 2.06. The zero-order valence-corrected chi connectivity index (χ0v) is 13.3. The first-order chi connectivity index (χ1) is 11.1. The second kappa shape index (κ2) is 6.32. The van der Waals surface area contributed by atoms with Gasteiger partial charge in [-0.05, 0) is 31.4 Å². The number of nitrogens with one attached hydrogen (secondary N) is 1. The van der Waals surface area contributed by atoms with Crippen LogP contribution in [0, 0.1) is 0 Å². The van der Waals surface area contributed by atoms with Crippen molar-refractivity contribution < 1.29 is 9.59 Å².